The number of carbonyl (C=O) groups is 1. The van der Waals surface area contributed by atoms with Gasteiger partial charge in [-0.3, -0.25) is 9.69 Å². The molecule has 0 bridgehead atoms. The number of fused-ring (bicyclic) bond motifs is 4. The first-order valence-corrected chi connectivity index (χ1v) is 8.51. The zero-order valence-corrected chi connectivity index (χ0v) is 14.3. The number of aliphatic imine (C=N–C) groups is 1. The number of aliphatic hydroxyl groups excluding tert-OH is 1. The molecule has 1 aliphatic carbocycles. The molecule has 0 saturated heterocycles. The maximum Gasteiger partial charge on any atom is 0.262 e. The minimum Gasteiger partial charge on any atom is -0.490 e. The SMILES string of the molecule is CN1C(=O)C2(N=C1N)c1cc(Br)ccc1O[C@@H]1CC(O)CC[C@H]12. The average molecular weight is 380 g/mol. The van der Waals surface area contributed by atoms with E-state index in [1.54, 1.807) is 7.05 Å². The van der Waals surface area contributed by atoms with Crippen LogP contribution in [-0.2, 0) is 10.3 Å². The summed E-state index contributed by atoms with van der Waals surface area (Å²) in [6, 6.07) is 5.61. The van der Waals surface area contributed by atoms with Crippen LogP contribution in [-0.4, -0.2) is 41.1 Å². The van der Waals surface area contributed by atoms with Crippen LogP contribution in [0.3, 0.4) is 0 Å². The Kier molecular flexibility index (Phi) is 3.22. The van der Waals surface area contributed by atoms with Crippen LogP contribution >= 0.6 is 15.9 Å². The van der Waals surface area contributed by atoms with E-state index in [-0.39, 0.29) is 23.9 Å². The Bertz CT molecular complexity index is 723. The lowest BCUT2D eigenvalue weighted by Crippen LogP contribution is -2.55. The number of guanidine groups is 1. The average Bonchev–Trinajstić information content (AvgIpc) is 2.74. The molecule has 2 unspecified atom stereocenters. The highest BCUT2D eigenvalue weighted by atomic mass is 79.9. The topological polar surface area (TPSA) is 88.2 Å². The molecule has 1 amide bonds. The molecular weight excluding hydrogens is 362 g/mol. The van der Waals surface area contributed by atoms with E-state index in [0.29, 0.717) is 25.0 Å². The highest BCUT2D eigenvalue weighted by Gasteiger charge is 2.60. The van der Waals surface area contributed by atoms with E-state index in [9.17, 15) is 9.90 Å². The van der Waals surface area contributed by atoms with Crippen molar-refractivity contribution in [3.8, 4) is 5.75 Å². The maximum atomic E-state index is 13.1. The van der Waals surface area contributed by atoms with Gasteiger partial charge in [0.05, 0.1) is 6.10 Å². The summed E-state index contributed by atoms with van der Waals surface area (Å²) < 4.78 is 6.97. The number of rotatable bonds is 0. The number of ether oxygens (including phenoxy) is 1. The summed E-state index contributed by atoms with van der Waals surface area (Å²) in [5.41, 5.74) is 5.68. The van der Waals surface area contributed by atoms with Crippen LogP contribution in [0.4, 0.5) is 0 Å². The van der Waals surface area contributed by atoms with E-state index in [1.807, 2.05) is 18.2 Å². The number of amides is 1. The van der Waals surface area contributed by atoms with Crippen molar-refractivity contribution in [2.24, 2.45) is 16.6 Å². The second-order valence-corrected chi connectivity index (χ2v) is 7.39. The number of halogens is 1. The van der Waals surface area contributed by atoms with Crippen LogP contribution in [0.1, 0.15) is 24.8 Å². The molecule has 4 atom stereocenters. The predicted octanol–water partition coefficient (Wildman–Crippen LogP) is 1.35. The van der Waals surface area contributed by atoms with Crippen molar-refractivity contribution in [1.82, 2.24) is 4.90 Å². The van der Waals surface area contributed by atoms with Gasteiger partial charge in [0.1, 0.15) is 11.9 Å². The quantitative estimate of drug-likeness (QED) is 0.711. The van der Waals surface area contributed by atoms with E-state index >= 15 is 0 Å². The monoisotopic (exact) mass is 379 g/mol. The minimum absolute atomic E-state index is 0.121. The molecule has 1 fully saturated rings. The minimum atomic E-state index is -1.04. The molecule has 2 aliphatic heterocycles. The zero-order valence-electron chi connectivity index (χ0n) is 12.7. The van der Waals surface area contributed by atoms with Crippen LogP contribution in [0.15, 0.2) is 27.7 Å². The Morgan fingerprint density at radius 3 is 2.96 bits per heavy atom. The normalized spacial score (nSPS) is 35.6. The van der Waals surface area contributed by atoms with Crippen molar-refractivity contribution in [2.45, 2.75) is 37.0 Å². The molecule has 1 aromatic carbocycles. The van der Waals surface area contributed by atoms with Gasteiger partial charge in [0.25, 0.3) is 5.91 Å². The fourth-order valence-electron chi connectivity index (χ4n) is 4.06. The van der Waals surface area contributed by atoms with E-state index in [4.69, 9.17) is 10.5 Å². The number of benzene rings is 1. The van der Waals surface area contributed by atoms with Crippen molar-refractivity contribution < 1.29 is 14.6 Å². The van der Waals surface area contributed by atoms with Crippen LogP contribution in [0.25, 0.3) is 0 Å². The fraction of sp³-hybridized carbons (Fsp3) is 0.500. The standard InChI is InChI=1S/C16H18BrN3O3/c1-20-14(22)16(19-15(20)18)10-4-3-9(21)7-13(10)23-12-5-2-8(17)6-11(12)16/h2,5-6,9-10,13,21H,3-4,7H2,1H3,(H2,18,19)/t9?,10-,13-,16?/m1/s1. The van der Waals surface area contributed by atoms with Crippen LogP contribution in [0.2, 0.25) is 0 Å². The van der Waals surface area contributed by atoms with Gasteiger partial charge in [0.15, 0.2) is 11.5 Å². The number of hydrogen-bond donors (Lipinski definition) is 2. The molecule has 3 N–H and O–H groups in total. The van der Waals surface area contributed by atoms with Crippen molar-refractivity contribution in [2.75, 3.05) is 7.05 Å². The van der Waals surface area contributed by atoms with Gasteiger partial charge in [-0.1, -0.05) is 15.9 Å². The molecule has 1 aromatic rings. The number of nitrogens with two attached hydrogens (primary N) is 1. The van der Waals surface area contributed by atoms with Gasteiger partial charge in [-0.2, -0.15) is 0 Å². The lowest BCUT2D eigenvalue weighted by atomic mass is 9.67. The number of likely N-dealkylation sites (N-methyl/N-ethyl adjacent to an activating group) is 1. The Hall–Kier alpha value is -1.60. The van der Waals surface area contributed by atoms with Gasteiger partial charge in [-0.25, -0.2) is 4.99 Å². The largest absolute Gasteiger partial charge is 0.490 e. The molecule has 4 rings (SSSR count). The Balaban J connectivity index is 1.94. The Morgan fingerprint density at radius 1 is 1.48 bits per heavy atom. The highest BCUT2D eigenvalue weighted by molar-refractivity contribution is 9.10. The van der Waals surface area contributed by atoms with E-state index in [0.717, 1.165) is 10.0 Å². The van der Waals surface area contributed by atoms with E-state index in [2.05, 4.69) is 20.9 Å². The third kappa shape index (κ3) is 1.96. The molecule has 7 heteroatoms. The van der Waals surface area contributed by atoms with Crippen LogP contribution in [0.5, 0.6) is 5.75 Å². The first-order valence-electron chi connectivity index (χ1n) is 7.71. The summed E-state index contributed by atoms with van der Waals surface area (Å²) in [7, 11) is 1.65. The number of nitrogens with zero attached hydrogens (tertiary/aromatic N) is 2. The van der Waals surface area contributed by atoms with Gasteiger partial charge in [-0.15, -0.1) is 0 Å². The third-order valence-electron chi connectivity index (χ3n) is 5.20. The highest BCUT2D eigenvalue weighted by Crippen LogP contribution is 2.53. The summed E-state index contributed by atoms with van der Waals surface area (Å²) in [6.45, 7) is 0. The smallest absolute Gasteiger partial charge is 0.262 e. The Morgan fingerprint density at radius 2 is 2.26 bits per heavy atom. The second kappa shape index (κ2) is 4.95. The van der Waals surface area contributed by atoms with Gasteiger partial charge in [0, 0.05) is 29.4 Å². The molecule has 3 aliphatic rings. The van der Waals surface area contributed by atoms with Gasteiger partial charge in [0.2, 0.25) is 0 Å². The van der Waals surface area contributed by atoms with Crippen LogP contribution in [0, 0.1) is 5.92 Å². The zero-order chi connectivity index (χ0) is 16.4. The molecule has 1 saturated carbocycles. The third-order valence-corrected chi connectivity index (χ3v) is 5.69. The summed E-state index contributed by atoms with van der Waals surface area (Å²) >= 11 is 3.47. The number of carbonyl (C=O) groups excluding carboxylic acids is 1. The lowest BCUT2D eigenvalue weighted by Gasteiger charge is -2.46. The molecule has 0 radical (unpaired) electrons. The summed E-state index contributed by atoms with van der Waals surface area (Å²) in [5, 5.41) is 10.00. The van der Waals surface area contributed by atoms with Crippen LogP contribution < -0.4 is 10.5 Å². The maximum absolute atomic E-state index is 13.1. The fourth-order valence-corrected chi connectivity index (χ4v) is 4.42. The van der Waals surface area contributed by atoms with Crippen molar-refractivity contribution in [3.05, 3.63) is 28.2 Å². The summed E-state index contributed by atoms with van der Waals surface area (Å²) in [5.74, 6) is 0.629. The lowest BCUT2D eigenvalue weighted by molar-refractivity contribution is -0.138. The second-order valence-electron chi connectivity index (χ2n) is 6.47. The molecule has 23 heavy (non-hydrogen) atoms. The van der Waals surface area contributed by atoms with Gasteiger partial charge in [-0.05, 0) is 31.0 Å². The molecule has 1 spiro atoms. The van der Waals surface area contributed by atoms with Crippen molar-refractivity contribution in [1.29, 1.82) is 0 Å². The molecule has 2 heterocycles. The predicted molar refractivity (Wildman–Crippen MR) is 88.0 cm³/mol. The number of hydrogen-bond acceptors (Lipinski definition) is 5. The van der Waals surface area contributed by atoms with Crippen molar-refractivity contribution >= 4 is 27.8 Å². The van der Waals surface area contributed by atoms with Crippen molar-refractivity contribution in [3.63, 3.8) is 0 Å². The molecule has 0 aromatic heterocycles. The summed E-state index contributed by atoms with van der Waals surface area (Å²) in [6.07, 6.45) is 1.19. The number of aliphatic hydroxyl groups is 1. The van der Waals surface area contributed by atoms with Gasteiger partial charge < -0.3 is 15.6 Å². The van der Waals surface area contributed by atoms with E-state index in [1.165, 1.54) is 4.90 Å². The first-order chi connectivity index (χ1) is 10.9. The first kappa shape index (κ1) is 15.0. The Labute approximate surface area is 142 Å². The molecular formula is C16H18BrN3O3. The molecule has 6 nitrogen and oxygen atoms in total. The van der Waals surface area contributed by atoms with E-state index < -0.39 is 11.6 Å². The summed E-state index contributed by atoms with van der Waals surface area (Å²) in [4.78, 5) is 19.1. The molecule has 122 valence electrons. The van der Waals surface area contributed by atoms with Gasteiger partial charge >= 0.3 is 0 Å².